The van der Waals surface area contributed by atoms with Crippen LogP contribution in [-0.4, -0.2) is 29.6 Å². The second-order valence-electron chi connectivity index (χ2n) is 4.91. The van der Waals surface area contributed by atoms with E-state index < -0.39 is 0 Å². The maximum absolute atomic E-state index is 11.9. The average Bonchev–Trinajstić information content (AvgIpc) is 2.83. The molecule has 1 aliphatic carbocycles. The summed E-state index contributed by atoms with van der Waals surface area (Å²) >= 11 is 1.80. The SMILES string of the molecule is CCC1CCC(NC(=O)C2CSCN2)CC1. The Morgan fingerprint density at radius 1 is 1.38 bits per heavy atom. The van der Waals surface area contributed by atoms with Gasteiger partial charge < -0.3 is 5.32 Å². The predicted octanol–water partition coefficient (Wildman–Crippen LogP) is 1.73. The van der Waals surface area contributed by atoms with E-state index in [0.717, 1.165) is 17.5 Å². The molecule has 0 radical (unpaired) electrons. The van der Waals surface area contributed by atoms with E-state index in [9.17, 15) is 4.79 Å². The van der Waals surface area contributed by atoms with Crippen molar-refractivity contribution < 1.29 is 4.79 Å². The Kier molecular flexibility index (Phi) is 4.53. The second-order valence-corrected chi connectivity index (χ2v) is 5.94. The van der Waals surface area contributed by atoms with Crippen LogP contribution in [0.15, 0.2) is 0 Å². The van der Waals surface area contributed by atoms with E-state index in [1.807, 2.05) is 0 Å². The third-order valence-corrected chi connectivity index (χ3v) is 4.74. The fraction of sp³-hybridized carbons (Fsp3) is 0.917. The standard InChI is InChI=1S/C12H22N2OS/c1-2-9-3-5-10(6-4-9)14-12(15)11-7-16-8-13-11/h9-11,13H,2-8H2,1H3,(H,14,15). The van der Waals surface area contributed by atoms with Gasteiger partial charge in [-0.2, -0.15) is 0 Å². The lowest BCUT2D eigenvalue weighted by atomic mass is 9.84. The number of carbonyl (C=O) groups excluding carboxylic acids is 1. The van der Waals surface area contributed by atoms with E-state index in [4.69, 9.17) is 0 Å². The van der Waals surface area contributed by atoms with Crippen LogP contribution in [0.5, 0.6) is 0 Å². The summed E-state index contributed by atoms with van der Waals surface area (Å²) in [6.45, 7) is 2.27. The quantitative estimate of drug-likeness (QED) is 0.792. The van der Waals surface area contributed by atoms with Crippen LogP contribution in [0, 0.1) is 5.92 Å². The lowest BCUT2D eigenvalue weighted by Gasteiger charge is -2.29. The molecule has 0 aromatic heterocycles. The number of nitrogens with one attached hydrogen (secondary N) is 2. The van der Waals surface area contributed by atoms with Crippen molar-refractivity contribution in [2.45, 2.75) is 51.1 Å². The topological polar surface area (TPSA) is 41.1 Å². The van der Waals surface area contributed by atoms with Gasteiger partial charge in [-0.15, -0.1) is 11.8 Å². The summed E-state index contributed by atoms with van der Waals surface area (Å²) in [7, 11) is 0. The molecule has 1 atom stereocenters. The van der Waals surface area contributed by atoms with Crippen molar-refractivity contribution in [3.63, 3.8) is 0 Å². The van der Waals surface area contributed by atoms with E-state index in [2.05, 4.69) is 17.6 Å². The molecule has 1 heterocycles. The summed E-state index contributed by atoms with van der Waals surface area (Å²) in [5, 5.41) is 6.41. The highest BCUT2D eigenvalue weighted by atomic mass is 32.2. The molecule has 2 rings (SSSR count). The van der Waals surface area contributed by atoms with E-state index >= 15 is 0 Å². The van der Waals surface area contributed by atoms with Crippen molar-refractivity contribution in [1.82, 2.24) is 10.6 Å². The zero-order chi connectivity index (χ0) is 11.4. The number of carbonyl (C=O) groups is 1. The van der Waals surface area contributed by atoms with E-state index in [0.29, 0.717) is 6.04 Å². The smallest absolute Gasteiger partial charge is 0.238 e. The summed E-state index contributed by atoms with van der Waals surface area (Å²) in [6.07, 6.45) is 6.21. The summed E-state index contributed by atoms with van der Waals surface area (Å²) in [6, 6.07) is 0.483. The van der Waals surface area contributed by atoms with Gasteiger partial charge in [-0.25, -0.2) is 0 Å². The van der Waals surface area contributed by atoms with Crippen LogP contribution in [-0.2, 0) is 4.79 Å². The van der Waals surface area contributed by atoms with Gasteiger partial charge in [0, 0.05) is 17.7 Å². The molecule has 2 N–H and O–H groups in total. The predicted molar refractivity (Wildman–Crippen MR) is 68.4 cm³/mol. The largest absolute Gasteiger partial charge is 0.352 e. The number of amides is 1. The highest BCUT2D eigenvalue weighted by molar-refractivity contribution is 7.99. The zero-order valence-electron chi connectivity index (χ0n) is 10.00. The van der Waals surface area contributed by atoms with Crippen LogP contribution in [0.3, 0.4) is 0 Å². The van der Waals surface area contributed by atoms with E-state index in [1.54, 1.807) is 11.8 Å². The molecule has 0 bridgehead atoms. The van der Waals surface area contributed by atoms with Crippen LogP contribution in [0.25, 0.3) is 0 Å². The third-order valence-electron chi connectivity index (χ3n) is 3.80. The first-order valence-corrected chi connectivity index (χ1v) is 7.56. The van der Waals surface area contributed by atoms with Gasteiger partial charge in [0.25, 0.3) is 0 Å². The minimum Gasteiger partial charge on any atom is -0.352 e. The molecule has 3 nitrogen and oxygen atoms in total. The Morgan fingerprint density at radius 2 is 2.12 bits per heavy atom. The molecule has 0 aromatic rings. The van der Waals surface area contributed by atoms with Crippen molar-refractivity contribution in [3.8, 4) is 0 Å². The Morgan fingerprint density at radius 3 is 2.69 bits per heavy atom. The van der Waals surface area contributed by atoms with Gasteiger partial charge in [0.1, 0.15) is 0 Å². The first-order valence-electron chi connectivity index (χ1n) is 6.41. The Labute approximate surface area is 102 Å². The molecule has 1 amide bonds. The van der Waals surface area contributed by atoms with Crippen molar-refractivity contribution in [2.75, 3.05) is 11.6 Å². The van der Waals surface area contributed by atoms with Gasteiger partial charge in [0.05, 0.1) is 6.04 Å². The average molecular weight is 242 g/mol. The molecule has 2 fully saturated rings. The highest BCUT2D eigenvalue weighted by Gasteiger charge is 2.26. The molecular weight excluding hydrogens is 220 g/mol. The molecule has 0 aromatic carbocycles. The minimum absolute atomic E-state index is 0.0499. The lowest BCUT2D eigenvalue weighted by Crippen LogP contribution is -2.47. The van der Waals surface area contributed by atoms with Gasteiger partial charge in [0.2, 0.25) is 5.91 Å². The number of thioether (sulfide) groups is 1. The molecule has 2 aliphatic rings. The maximum Gasteiger partial charge on any atom is 0.238 e. The van der Waals surface area contributed by atoms with Crippen LogP contribution >= 0.6 is 11.8 Å². The fourth-order valence-corrected chi connectivity index (χ4v) is 3.52. The van der Waals surface area contributed by atoms with Crippen LogP contribution < -0.4 is 10.6 Å². The van der Waals surface area contributed by atoms with Crippen LogP contribution in [0.2, 0.25) is 0 Å². The molecular formula is C12H22N2OS. The lowest BCUT2D eigenvalue weighted by molar-refractivity contribution is -0.123. The molecule has 4 heteroatoms. The minimum atomic E-state index is 0.0499. The Bertz CT molecular complexity index is 233. The first kappa shape index (κ1) is 12.2. The molecule has 1 unspecified atom stereocenters. The van der Waals surface area contributed by atoms with Crippen molar-refractivity contribution in [2.24, 2.45) is 5.92 Å². The van der Waals surface area contributed by atoms with Crippen LogP contribution in [0.1, 0.15) is 39.0 Å². The third kappa shape index (κ3) is 3.14. The fourth-order valence-electron chi connectivity index (χ4n) is 2.58. The van der Waals surface area contributed by atoms with E-state index in [1.165, 1.54) is 32.1 Å². The zero-order valence-corrected chi connectivity index (χ0v) is 10.8. The molecule has 1 saturated heterocycles. The van der Waals surface area contributed by atoms with Crippen molar-refractivity contribution in [1.29, 1.82) is 0 Å². The van der Waals surface area contributed by atoms with Gasteiger partial charge >= 0.3 is 0 Å². The summed E-state index contributed by atoms with van der Waals surface area (Å²) in [5.74, 6) is 2.95. The van der Waals surface area contributed by atoms with E-state index in [-0.39, 0.29) is 11.9 Å². The van der Waals surface area contributed by atoms with Gasteiger partial charge in [-0.05, 0) is 31.6 Å². The van der Waals surface area contributed by atoms with Gasteiger partial charge in [-0.1, -0.05) is 13.3 Å². The second kappa shape index (κ2) is 5.92. The van der Waals surface area contributed by atoms with Gasteiger partial charge in [0.15, 0.2) is 0 Å². The summed E-state index contributed by atoms with van der Waals surface area (Å²) in [5.41, 5.74) is 0. The number of rotatable bonds is 3. The van der Waals surface area contributed by atoms with Crippen molar-refractivity contribution in [3.05, 3.63) is 0 Å². The summed E-state index contributed by atoms with van der Waals surface area (Å²) in [4.78, 5) is 11.9. The monoisotopic (exact) mass is 242 g/mol. The molecule has 92 valence electrons. The number of hydrogen-bond acceptors (Lipinski definition) is 3. The molecule has 1 aliphatic heterocycles. The normalized spacial score (nSPS) is 34.9. The summed E-state index contributed by atoms with van der Waals surface area (Å²) < 4.78 is 0. The molecule has 0 spiro atoms. The molecule has 16 heavy (non-hydrogen) atoms. The van der Waals surface area contributed by atoms with Crippen molar-refractivity contribution >= 4 is 17.7 Å². The molecule has 1 saturated carbocycles. The highest BCUT2D eigenvalue weighted by Crippen LogP contribution is 2.26. The Balaban J connectivity index is 1.71. The van der Waals surface area contributed by atoms with Gasteiger partial charge in [-0.3, -0.25) is 10.1 Å². The Hall–Kier alpha value is -0.220. The van der Waals surface area contributed by atoms with Crippen LogP contribution in [0.4, 0.5) is 0 Å². The first-order chi connectivity index (χ1) is 7.79. The number of hydrogen-bond donors (Lipinski definition) is 2. The maximum atomic E-state index is 11.9.